The second kappa shape index (κ2) is 8.92. The highest BCUT2D eigenvalue weighted by Crippen LogP contribution is 2.40. The lowest BCUT2D eigenvalue weighted by Crippen LogP contribution is -2.38. The van der Waals surface area contributed by atoms with Gasteiger partial charge in [0.2, 0.25) is 5.79 Å². The van der Waals surface area contributed by atoms with Crippen LogP contribution in [0.25, 0.3) is 22.3 Å². The molecule has 5 nitrogen and oxygen atoms in total. The van der Waals surface area contributed by atoms with Crippen LogP contribution in [0.15, 0.2) is 101 Å². The number of fused-ring (bicyclic) bond motifs is 2. The number of rotatable bonds is 3. The van der Waals surface area contributed by atoms with E-state index in [9.17, 15) is 4.79 Å². The molecule has 0 saturated carbocycles. The minimum absolute atomic E-state index is 0.345. The van der Waals surface area contributed by atoms with Gasteiger partial charge in [0.25, 0.3) is 0 Å². The van der Waals surface area contributed by atoms with Crippen LogP contribution in [-0.2, 0) is 4.74 Å². The van der Waals surface area contributed by atoms with Crippen LogP contribution in [0.1, 0.15) is 35.3 Å². The normalized spacial score (nSPS) is 13.6. The molecule has 4 aromatic carbocycles. The molecule has 0 aliphatic carbocycles. The summed E-state index contributed by atoms with van der Waals surface area (Å²) in [7, 11) is 0. The minimum Gasteiger partial charge on any atom is -0.457 e. The quantitative estimate of drug-likeness (QED) is 0.194. The van der Waals surface area contributed by atoms with Gasteiger partial charge in [0.15, 0.2) is 5.76 Å². The molecule has 37 heavy (non-hydrogen) atoms. The number of esters is 1. The standard InChI is InChI=1S/C32H22O5/c1-32(2)36-29-20-28-26(19-27(29)31(33)37-32)25(30(35-28)22-9-5-3-6-10-22)18-15-21-13-16-24(17-14-21)34-23-11-7-4-8-12-23/h3-14,16-17,19-20H,1-2H3. The Morgan fingerprint density at radius 2 is 1.43 bits per heavy atom. The fourth-order valence-electron chi connectivity index (χ4n) is 4.21. The highest BCUT2D eigenvalue weighted by molar-refractivity contribution is 6.01. The molecule has 1 aliphatic rings. The Morgan fingerprint density at radius 1 is 0.757 bits per heavy atom. The number of benzene rings is 4. The van der Waals surface area contributed by atoms with Crippen LogP contribution in [0.2, 0.25) is 0 Å². The molecule has 2 heterocycles. The Hall–Kier alpha value is -4.95. The zero-order valence-corrected chi connectivity index (χ0v) is 20.3. The van der Waals surface area contributed by atoms with Gasteiger partial charge in [-0.25, -0.2) is 4.79 Å². The van der Waals surface area contributed by atoms with E-state index in [1.807, 2.05) is 84.9 Å². The summed E-state index contributed by atoms with van der Waals surface area (Å²) in [6, 6.07) is 30.4. The molecule has 6 rings (SSSR count). The van der Waals surface area contributed by atoms with Gasteiger partial charge in [0, 0.05) is 36.4 Å². The molecule has 0 bridgehead atoms. The molecule has 0 radical (unpaired) electrons. The number of ether oxygens (including phenoxy) is 3. The first-order valence-corrected chi connectivity index (χ1v) is 11.9. The lowest BCUT2D eigenvalue weighted by molar-refractivity contribution is -0.127. The number of furan rings is 1. The van der Waals surface area contributed by atoms with E-state index in [1.54, 1.807) is 26.0 Å². The van der Waals surface area contributed by atoms with Crippen molar-refractivity contribution in [3.63, 3.8) is 0 Å². The van der Waals surface area contributed by atoms with Crippen molar-refractivity contribution in [2.24, 2.45) is 0 Å². The molecular weight excluding hydrogens is 464 g/mol. The Bertz CT molecular complexity index is 1670. The smallest absolute Gasteiger partial charge is 0.345 e. The van der Waals surface area contributed by atoms with Crippen molar-refractivity contribution in [3.05, 3.63) is 114 Å². The van der Waals surface area contributed by atoms with Crippen molar-refractivity contribution in [1.29, 1.82) is 0 Å². The van der Waals surface area contributed by atoms with E-state index < -0.39 is 11.8 Å². The SMILES string of the molecule is CC1(C)OC(=O)c2cc3c(C#Cc4ccc(Oc5ccccc5)cc4)c(-c4ccccc4)oc3cc2O1. The number of carbonyl (C=O) groups excluding carboxylic acids is 1. The van der Waals surface area contributed by atoms with Crippen LogP contribution in [0.4, 0.5) is 0 Å². The Morgan fingerprint density at radius 3 is 2.16 bits per heavy atom. The first-order valence-electron chi connectivity index (χ1n) is 11.9. The average molecular weight is 487 g/mol. The van der Waals surface area contributed by atoms with Gasteiger partial charge < -0.3 is 18.6 Å². The number of hydrogen-bond acceptors (Lipinski definition) is 5. The van der Waals surface area contributed by atoms with Crippen LogP contribution in [-0.4, -0.2) is 11.8 Å². The summed E-state index contributed by atoms with van der Waals surface area (Å²) in [6.45, 7) is 3.39. The third kappa shape index (κ3) is 4.53. The van der Waals surface area contributed by atoms with Gasteiger partial charge in [0.1, 0.15) is 28.4 Å². The summed E-state index contributed by atoms with van der Waals surface area (Å²) in [6.07, 6.45) is 0. The van der Waals surface area contributed by atoms with E-state index in [0.717, 1.165) is 28.0 Å². The first-order chi connectivity index (χ1) is 17.9. The van der Waals surface area contributed by atoms with Gasteiger partial charge in [-0.2, -0.15) is 0 Å². The van der Waals surface area contributed by atoms with E-state index in [2.05, 4.69) is 11.8 Å². The largest absolute Gasteiger partial charge is 0.457 e. The molecule has 1 aromatic heterocycles. The fraction of sp³-hybridized carbons (Fsp3) is 0.0938. The van der Waals surface area contributed by atoms with E-state index in [1.165, 1.54) is 0 Å². The Kier molecular flexibility index (Phi) is 5.43. The zero-order valence-electron chi connectivity index (χ0n) is 20.3. The van der Waals surface area contributed by atoms with Crippen molar-refractivity contribution >= 4 is 16.9 Å². The average Bonchev–Trinajstić information content (AvgIpc) is 3.25. The number of cyclic esters (lactones) is 1. The van der Waals surface area contributed by atoms with Crippen molar-refractivity contribution in [2.45, 2.75) is 19.6 Å². The van der Waals surface area contributed by atoms with Crippen LogP contribution in [0.5, 0.6) is 17.2 Å². The molecule has 5 heteroatoms. The lowest BCUT2D eigenvalue weighted by Gasteiger charge is -2.31. The number of hydrogen-bond donors (Lipinski definition) is 0. The van der Waals surface area contributed by atoms with Gasteiger partial charge in [-0.05, 0) is 42.5 Å². The molecule has 0 fully saturated rings. The topological polar surface area (TPSA) is 57.9 Å². The molecule has 0 amide bonds. The third-order valence-corrected chi connectivity index (χ3v) is 5.91. The van der Waals surface area contributed by atoms with Gasteiger partial charge >= 0.3 is 5.97 Å². The van der Waals surface area contributed by atoms with E-state index >= 15 is 0 Å². The van der Waals surface area contributed by atoms with Crippen LogP contribution in [0.3, 0.4) is 0 Å². The van der Waals surface area contributed by atoms with E-state index in [0.29, 0.717) is 28.2 Å². The molecular formula is C32H22O5. The summed E-state index contributed by atoms with van der Waals surface area (Å²) in [4.78, 5) is 12.7. The van der Waals surface area contributed by atoms with Crippen molar-refractivity contribution in [2.75, 3.05) is 0 Å². The van der Waals surface area contributed by atoms with E-state index in [4.69, 9.17) is 18.6 Å². The van der Waals surface area contributed by atoms with Crippen LogP contribution in [0, 0.1) is 11.8 Å². The molecule has 1 aliphatic heterocycles. The highest BCUT2D eigenvalue weighted by Gasteiger charge is 2.35. The summed E-state index contributed by atoms with van der Waals surface area (Å²) < 4.78 is 23.5. The maximum absolute atomic E-state index is 12.7. The predicted octanol–water partition coefficient (Wildman–Crippen LogP) is 7.58. The Balaban J connectivity index is 1.41. The minimum atomic E-state index is -1.05. The second-order valence-corrected chi connectivity index (χ2v) is 9.10. The maximum atomic E-state index is 12.7. The first kappa shape index (κ1) is 22.5. The van der Waals surface area contributed by atoms with Gasteiger partial charge in [0.05, 0.1) is 5.56 Å². The van der Waals surface area contributed by atoms with Crippen molar-refractivity contribution < 1.29 is 23.4 Å². The monoisotopic (exact) mass is 486 g/mol. The molecule has 5 aromatic rings. The second-order valence-electron chi connectivity index (χ2n) is 9.10. The van der Waals surface area contributed by atoms with Gasteiger partial charge in [-0.15, -0.1) is 0 Å². The summed E-state index contributed by atoms with van der Waals surface area (Å²) >= 11 is 0. The maximum Gasteiger partial charge on any atom is 0.345 e. The van der Waals surface area contributed by atoms with E-state index in [-0.39, 0.29) is 0 Å². The summed E-state index contributed by atoms with van der Waals surface area (Å²) in [5, 5.41) is 0.717. The third-order valence-electron chi connectivity index (χ3n) is 5.91. The molecule has 180 valence electrons. The summed E-state index contributed by atoms with van der Waals surface area (Å²) in [5.74, 6) is 7.57. The summed E-state index contributed by atoms with van der Waals surface area (Å²) in [5.41, 5.74) is 3.32. The van der Waals surface area contributed by atoms with Crippen LogP contribution >= 0.6 is 0 Å². The molecule has 0 atom stereocenters. The van der Waals surface area contributed by atoms with Crippen molar-refractivity contribution in [3.8, 4) is 40.4 Å². The number of carbonyl (C=O) groups is 1. The zero-order chi connectivity index (χ0) is 25.4. The predicted molar refractivity (Wildman–Crippen MR) is 141 cm³/mol. The number of para-hydroxylation sites is 1. The van der Waals surface area contributed by atoms with Gasteiger partial charge in [-0.3, -0.25) is 0 Å². The molecule has 0 saturated heterocycles. The van der Waals surface area contributed by atoms with Crippen molar-refractivity contribution in [1.82, 2.24) is 0 Å². The lowest BCUT2D eigenvalue weighted by atomic mass is 10.0. The molecule has 0 spiro atoms. The van der Waals surface area contributed by atoms with Crippen LogP contribution < -0.4 is 9.47 Å². The highest BCUT2D eigenvalue weighted by atomic mass is 16.7. The Labute approximate surface area is 214 Å². The van der Waals surface area contributed by atoms with Gasteiger partial charge in [-0.1, -0.05) is 60.4 Å². The molecule has 0 unspecified atom stereocenters. The molecule has 0 N–H and O–H groups in total. The fourth-order valence-corrected chi connectivity index (χ4v) is 4.21.